The summed E-state index contributed by atoms with van der Waals surface area (Å²) in [6.07, 6.45) is 4.77. The number of hydrogen-bond acceptors (Lipinski definition) is 5. The molecule has 19 heavy (non-hydrogen) atoms. The highest BCUT2D eigenvalue weighted by Crippen LogP contribution is 2.28. The van der Waals surface area contributed by atoms with Gasteiger partial charge in [-0.1, -0.05) is 22.8 Å². The second-order valence-corrected chi connectivity index (χ2v) is 4.79. The third-order valence-corrected chi connectivity index (χ3v) is 3.27. The van der Waals surface area contributed by atoms with Crippen LogP contribution < -0.4 is 5.32 Å². The zero-order valence-corrected chi connectivity index (χ0v) is 11.2. The van der Waals surface area contributed by atoms with E-state index in [0.717, 1.165) is 30.8 Å². The topological polar surface area (TPSA) is 63.8 Å². The Hall–Kier alpha value is -1.72. The maximum Gasteiger partial charge on any atom is 0.259 e. The van der Waals surface area contributed by atoms with Crippen LogP contribution in [0.3, 0.4) is 0 Å². The molecule has 3 heterocycles. The Morgan fingerprint density at radius 2 is 2.32 bits per heavy atom. The van der Waals surface area contributed by atoms with Gasteiger partial charge in [-0.15, -0.1) is 0 Å². The van der Waals surface area contributed by atoms with E-state index in [2.05, 4.69) is 26.5 Å². The number of nitrogens with zero attached hydrogens (tertiary/aromatic N) is 3. The Morgan fingerprint density at radius 1 is 1.42 bits per heavy atom. The molecule has 2 aromatic rings. The first-order valence-corrected chi connectivity index (χ1v) is 6.48. The number of aryl methyl sites for hydroxylation is 1. The van der Waals surface area contributed by atoms with Crippen LogP contribution in [0.5, 0.6) is 0 Å². The first kappa shape index (κ1) is 12.3. The Bertz CT molecular complexity index is 635. The maximum atomic E-state index is 6.31. The van der Waals surface area contributed by atoms with Gasteiger partial charge < -0.3 is 9.84 Å². The van der Waals surface area contributed by atoms with Gasteiger partial charge in [0.1, 0.15) is 0 Å². The predicted octanol–water partition coefficient (Wildman–Crippen LogP) is 2.47. The van der Waals surface area contributed by atoms with Crippen molar-refractivity contribution in [3.8, 4) is 11.5 Å². The average Bonchev–Trinajstić information content (AvgIpc) is 2.86. The van der Waals surface area contributed by atoms with Crippen LogP contribution in [-0.2, 0) is 0 Å². The number of aromatic nitrogens is 3. The highest BCUT2D eigenvalue weighted by Gasteiger charge is 2.14. The first-order chi connectivity index (χ1) is 9.24. The number of nitrogens with one attached hydrogen (secondary N) is 1. The van der Waals surface area contributed by atoms with Crippen LogP contribution in [0.4, 0.5) is 0 Å². The minimum absolute atomic E-state index is 0.442. The van der Waals surface area contributed by atoms with Gasteiger partial charge in [-0.25, -0.2) is 0 Å². The lowest BCUT2D eigenvalue weighted by molar-refractivity contribution is 0.425. The Morgan fingerprint density at radius 3 is 2.95 bits per heavy atom. The van der Waals surface area contributed by atoms with Gasteiger partial charge in [-0.2, -0.15) is 4.98 Å². The van der Waals surface area contributed by atoms with Crippen LogP contribution >= 0.6 is 11.6 Å². The highest BCUT2D eigenvalue weighted by molar-refractivity contribution is 6.32. The van der Waals surface area contributed by atoms with Crippen LogP contribution in [0, 0.1) is 6.92 Å². The Labute approximate surface area is 115 Å². The summed E-state index contributed by atoms with van der Waals surface area (Å²) in [5.41, 5.74) is 2.75. The molecule has 0 fully saturated rings. The van der Waals surface area contributed by atoms with Gasteiger partial charge >= 0.3 is 0 Å². The monoisotopic (exact) mass is 276 g/mol. The summed E-state index contributed by atoms with van der Waals surface area (Å²) in [4.78, 5) is 8.59. The molecule has 1 aliphatic heterocycles. The van der Waals surface area contributed by atoms with E-state index in [1.54, 1.807) is 13.1 Å². The minimum Gasteiger partial charge on any atom is -0.334 e. The molecule has 0 aliphatic carbocycles. The second-order valence-electron chi connectivity index (χ2n) is 4.38. The molecule has 5 nitrogen and oxygen atoms in total. The van der Waals surface area contributed by atoms with Crippen molar-refractivity contribution in [3.05, 3.63) is 34.9 Å². The van der Waals surface area contributed by atoms with Crippen molar-refractivity contribution < 1.29 is 4.52 Å². The molecule has 0 aromatic carbocycles. The summed E-state index contributed by atoms with van der Waals surface area (Å²) < 4.78 is 5.11. The van der Waals surface area contributed by atoms with Crippen LogP contribution in [0.1, 0.15) is 17.9 Å². The molecule has 6 heteroatoms. The summed E-state index contributed by atoms with van der Waals surface area (Å²) in [6, 6.07) is 1.82. The van der Waals surface area contributed by atoms with E-state index < -0.39 is 0 Å². The number of halogens is 1. The van der Waals surface area contributed by atoms with Crippen LogP contribution in [0.25, 0.3) is 17.0 Å². The van der Waals surface area contributed by atoms with Crippen molar-refractivity contribution >= 4 is 17.2 Å². The van der Waals surface area contributed by atoms with E-state index in [4.69, 9.17) is 16.1 Å². The fraction of sp³-hybridized carbons (Fsp3) is 0.308. The normalized spacial score (nSPS) is 15.4. The molecule has 1 aliphatic rings. The molecule has 0 bridgehead atoms. The summed E-state index contributed by atoms with van der Waals surface area (Å²) in [7, 11) is 0. The third kappa shape index (κ3) is 2.52. The van der Waals surface area contributed by atoms with Gasteiger partial charge in [0.2, 0.25) is 0 Å². The summed E-state index contributed by atoms with van der Waals surface area (Å²) in [6.45, 7) is 3.59. The molecule has 0 atom stereocenters. The van der Waals surface area contributed by atoms with E-state index in [9.17, 15) is 0 Å². The van der Waals surface area contributed by atoms with Gasteiger partial charge in [-0.05, 0) is 31.5 Å². The first-order valence-electron chi connectivity index (χ1n) is 6.10. The zero-order valence-electron chi connectivity index (χ0n) is 10.5. The molecule has 0 saturated carbocycles. The SMILES string of the molecule is Cc1noc(-c2cnc(C3=CCNCC3)c(Cl)c2)n1. The van der Waals surface area contributed by atoms with Gasteiger partial charge in [0.25, 0.3) is 5.89 Å². The van der Waals surface area contributed by atoms with Crippen molar-refractivity contribution in [2.75, 3.05) is 13.1 Å². The summed E-state index contributed by atoms with van der Waals surface area (Å²) in [5, 5.41) is 7.63. The highest BCUT2D eigenvalue weighted by atomic mass is 35.5. The average molecular weight is 277 g/mol. The molecule has 0 unspecified atom stereocenters. The Kier molecular flexibility index (Phi) is 3.31. The third-order valence-electron chi connectivity index (χ3n) is 2.98. The standard InChI is InChI=1S/C13H13ClN4O/c1-8-17-13(19-18-8)10-6-11(14)12(16-7-10)9-2-4-15-5-3-9/h2,6-7,15H,3-5H2,1H3. The van der Waals surface area contributed by atoms with E-state index >= 15 is 0 Å². The molecular formula is C13H13ClN4O. The second kappa shape index (κ2) is 5.11. The molecule has 98 valence electrons. The molecule has 1 N–H and O–H groups in total. The van der Waals surface area contributed by atoms with Crippen molar-refractivity contribution in [1.82, 2.24) is 20.4 Å². The molecule has 3 rings (SSSR count). The van der Waals surface area contributed by atoms with Crippen molar-refractivity contribution in [1.29, 1.82) is 0 Å². The lowest BCUT2D eigenvalue weighted by atomic mass is 10.0. The van der Waals surface area contributed by atoms with E-state index in [1.165, 1.54) is 5.57 Å². The maximum absolute atomic E-state index is 6.31. The fourth-order valence-corrected chi connectivity index (χ4v) is 2.33. The number of pyridine rings is 1. The number of hydrogen-bond donors (Lipinski definition) is 1. The Balaban J connectivity index is 1.95. The van der Waals surface area contributed by atoms with Gasteiger partial charge in [-0.3, -0.25) is 4.98 Å². The fourth-order valence-electron chi connectivity index (χ4n) is 2.04. The van der Waals surface area contributed by atoms with Crippen LogP contribution in [-0.4, -0.2) is 28.2 Å². The van der Waals surface area contributed by atoms with E-state index in [0.29, 0.717) is 16.7 Å². The summed E-state index contributed by atoms with van der Waals surface area (Å²) in [5.74, 6) is 1.04. The smallest absolute Gasteiger partial charge is 0.259 e. The van der Waals surface area contributed by atoms with Gasteiger partial charge in [0.15, 0.2) is 5.82 Å². The van der Waals surface area contributed by atoms with Crippen molar-refractivity contribution in [3.63, 3.8) is 0 Å². The summed E-state index contributed by atoms with van der Waals surface area (Å²) >= 11 is 6.31. The van der Waals surface area contributed by atoms with Crippen molar-refractivity contribution in [2.24, 2.45) is 0 Å². The number of rotatable bonds is 2. The van der Waals surface area contributed by atoms with Crippen LogP contribution in [0.2, 0.25) is 5.02 Å². The zero-order chi connectivity index (χ0) is 13.2. The van der Waals surface area contributed by atoms with Gasteiger partial charge in [0, 0.05) is 12.7 Å². The van der Waals surface area contributed by atoms with E-state index in [1.807, 2.05) is 6.07 Å². The quantitative estimate of drug-likeness (QED) is 0.913. The lowest BCUT2D eigenvalue weighted by Gasteiger charge is -2.14. The van der Waals surface area contributed by atoms with Crippen LogP contribution in [0.15, 0.2) is 22.9 Å². The molecule has 2 aromatic heterocycles. The lowest BCUT2D eigenvalue weighted by Crippen LogP contribution is -2.20. The molecule has 0 saturated heterocycles. The van der Waals surface area contributed by atoms with Gasteiger partial charge in [0.05, 0.1) is 16.3 Å². The van der Waals surface area contributed by atoms with Crippen molar-refractivity contribution in [2.45, 2.75) is 13.3 Å². The molecule has 0 amide bonds. The largest absolute Gasteiger partial charge is 0.334 e. The minimum atomic E-state index is 0.442. The molecular weight excluding hydrogens is 264 g/mol. The molecule has 0 spiro atoms. The van der Waals surface area contributed by atoms with E-state index in [-0.39, 0.29) is 0 Å². The predicted molar refractivity (Wildman–Crippen MR) is 72.7 cm³/mol. The molecule has 0 radical (unpaired) electrons.